The molecular formula is C11H16N4O. The summed E-state index contributed by atoms with van der Waals surface area (Å²) in [6.45, 7) is 1.86. The number of hydrogen-bond acceptors (Lipinski definition) is 3. The van der Waals surface area contributed by atoms with Gasteiger partial charge in [-0.2, -0.15) is 5.10 Å². The Morgan fingerprint density at radius 1 is 1.69 bits per heavy atom. The first kappa shape index (κ1) is 12.2. The molecule has 0 saturated carbocycles. The summed E-state index contributed by atoms with van der Waals surface area (Å²) >= 11 is 0. The fourth-order valence-electron chi connectivity index (χ4n) is 1.32. The van der Waals surface area contributed by atoms with Gasteiger partial charge in [0.15, 0.2) is 0 Å². The first-order chi connectivity index (χ1) is 7.74. The lowest BCUT2D eigenvalue weighted by molar-refractivity contribution is -0.121. The van der Waals surface area contributed by atoms with Gasteiger partial charge in [0.05, 0.1) is 6.04 Å². The summed E-state index contributed by atoms with van der Waals surface area (Å²) in [6.07, 6.45) is 9.48. The number of terminal acetylenes is 1. The number of H-pyrrole nitrogens is 1. The molecule has 5 nitrogen and oxygen atoms in total. The van der Waals surface area contributed by atoms with E-state index in [0.717, 1.165) is 19.3 Å². The van der Waals surface area contributed by atoms with Crippen molar-refractivity contribution < 1.29 is 4.79 Å². The predicted molar refractivity (Wildman–Crippen MR) is 60.2 cm³/mol. The van der Waals surface area contributed by atoms with Crippen molar-refractivity contribution in [2.75, 3.05) is 0 Å². The Hall–Kier alpha value is -1.83. The number of amides is 1. The van der Waals surface area contributed by atoms with Crippen LogP contribution in [0.1, 0.15) is 44.5 Å². The van der Waals surface area contributed by atoms with Gasteiger partial charge < -0.3 is 5.32 Å². The van der Waals surface area contributed by atoms with Crippen LogP contribution in [-0.2, 0) is 4.79 Å². The van der Waals surface area contributed by atoms with Crippen molar-refractivity contribution in [2.24, 2.45) is 0 Å². The van der Waals surface area contributed by atoms with Crippen molar-refractivity contribution in [3.8, 4) is 12.3 Å². The molecule has 86 valence electrons. The zero-order valence-corrected chi connectivity index (χ0v) is 9.36. The predicted octanol–water partition coefficient (Wildman–Crippen LogP) is 1.18. The molecule has 1 unspecified atom stereocenters. The van der Waals surface area contributed by atoms with Crippen LogP contribution in [0.3, 0.4) is 0 Å². The molecule has 1 atom stereocenters. The average molecular weight is 220 g/mol. The van der Waals surface area contributed by atoms with Crippen LogP contribution < -0.4 is 5.32 Å². The van der Waals surface area contributed by atoms with E-state index < -0.39 is 0 Å². The molecule has 0 radical (unpaired) electrons. The number of carbonyl (C=O) groups excluding carboxylic acids is 1. The Kier molecular flexibility index (Phi) is 5.06. The highest BCUT2D eigenvalue weighted by atomic mass is 16.1. The smallest absolute Gasteiger partial charge is 0.220 e. The van der Waals surface area contributed by atoms with Crippen molar-refractivity contribution in [3.63, 3.8) is 0 Å². The highest BCUT2D eigenvalue weighted by molar-refractivity contribution is 5.76. The van der Waals surface area contributed by atoms with E-state index >= 15 is 0 Å². The maximum atomic E-state index is 11.5. The number of aromatic nitrogens is 3. The lowest BCUT2D eigenvalue weighted by Crippen LogP contribution is -2.27. The fraction of sp³-hybridized carbons (Fsp3) is 0.545. The summed E-state index contributed by atoms with van der Waals surface area (Å²) in [7, 11) is 0. The van der Waals surface area contributed by atoms with E-state index in [0.29, 0.717) is 12.2 Å². The van der Waals surface area contributed by atoms with Crippen molar-refractivity contribution in [1.82, 2.24) is 20.5 Å². The van der Waals surface area contributed by atoms with Gasteiger partial charge in [-0.3, -0.25) is 9.89 Å². The van der Waals surface area contributed by atoms with E-state index in [1.807, 2.05) is 6.92 Å². The molecule has 5 heteroatoms. The molecule has 0 aliphatic rings. The van der Waals surface area contributed by atoms with E-state index in [-0.39, 0.29) is 11.9 Å². The van der Waals surface area contributed by atoms with Gasteiger partial charge in [-0.25, -0.2) is 4.98 Å². The molecular weight excluding hydrogens is 204 g/mol. The van der Waals surface area contributed by atoms with Crippen molar-refractivity contribution in [3.05, 3.63) is 12.2 Å². The number of unbranched alkanes of at least 4 members (excludes halogenated alkanes) is 2. The number of hydrogen-bond donors (Lipinski definition) is 2. The Balaban J connectivity index is 2.22. The van der Waals surface area contributed by atoms with Crippen LogP contribution in [0.5, 0.6) is 0 Å². The van der Waals surface area contributed by atoms with Gasteiger partial charge in [0, 0.05) is 12.8 Å². The summed E-state index contributed by atoms with van der Waals surface area (Å²) < 4.78 is 0. The van der Waals surface area contributed by atoms with Crippen LogP contribution in [-0.4, -0.2) is 21.1 Å². The quantitative estimate of drug-likeness (QED) is 0.558. The molecule has 16 heavy (non-hydrogen) atoms. The molecule has 1 aromatic heterocycles. The molecule has 1 rings (SSSR count). The van der Waals surface area contributed by atoms with Crippen LogP contribution in [0.4, 0.5) is 0 Å². The molecule has 0 saturated heterocycles. The first-order valence-electron chi connectivity index (χ1n) is 5.32. The van der Waals surface area contributed by atoms with Gasteiger partial charge in [-0.15, -0.1) is 12.3 Å². The monoisotopic (exact) mass is 220 g/mol. The molecule has 0 aromatic carbocycles. The number of aromatic amines is 1. The number of nitrogens with one attached hydrogen (secondary N) is 2. The Morgan fingerprint density at radius 2 is 2.50 bits per heavy atom. The van der Waals surface area contributed by atoms with E-state index in [4.69, 9.17) is 6.42 Å². The highest BCUT2D eigenvalue weighted by Crippen LogP contribution is 2.05. The van der Waals surface area contributed by atoms with Crippen molar-refractivity contribution in [1.29, 1.82) is 0 Å². The van der Waals surface area contributed by atoms with Gasteiger partial charge in [-0.1, -0.05) is 0 Å². The maximum Gasteiger partial charge on any atom is 0.220 e. The Morgan fingerprint density at radius 3 is 3.12 bits per heavy atom. The first-order valence-corrected chi connectivity index (χ1v) is 5.32. The van der Waals surface area contributed by atoms with Crippen LogP contribution in [0, 0.1) is 12.3 Å². The zero-order valence-electron chi connectivity index (χ0n) is 9.36. The third-order valence-electron chi connectivity index (χ3n) is 2.20. The molecule has 0 bridgehead atoms. The minimum absolute atomic E-state index is 0.0147. The second-order valence-corrected chi connectivity index (χ2v) is 3.57. The molecule has 0 fully saturated rings. The topological polar surface area (TPSA) is 70.7 Å². The lowest BCUT2D eigenvalue weighted by atomic mass is 10.2. The van der Waals surface area contributed by atoms with Crippen LogP contribution >= 0.6 is 0 Å². The summed E-state index contributed by atoms with van der Waals surface area (Å²) in [6, 6.07) is -0.136. The average Bonchev–Trinajstić information content (AvgIpc) is 2.77. The van der Waals surface area contributed by atoms with E-state index in [1.54, 1.807) is 0 Å². The maximum absolute atomic E-state index is 11.5. The summed E-state index contributed by atoms with van der Waals surface area (Å²) in [5.74, 6) is 3.23. The molecule has 1 amide bonds. The summed E-state index contributed by atoms with van der Waals surface area (Å²) in [5.41, 5.74) is 0. The van der Waals surface area contributed by atoms with Gasteiger partial charge in [0.2, 0.25) is 5.91 Å². The van der Waals surface area contributed by atoms with Crippen LogP contribution in [0.2, 0.25) is 0 Å². The van der Waals surface area contributed by atoms with E-state index in [2.05, 4.69) is 26.4 Å². The van der Waals surface area contributed by atoms with Crippen LogP contribution in [0.25, 0.3) is 0 Å². The minimum atomic E-state index is -0.136. The van der Waals surface area contributed by atoms with Gasteiger partial charge >= 0.3 is 0 Å². The second-order valence-electron chi connectivity index (χ2n) is 3.57. The number of nitrogens with zero attached hydrogens (tertiary/aromatic N) is 2. The molecule has 2 N–H and O–H groups in total. The van der Waals surface area contributed by atoms with Crippen molar-refractivity contribution >= 4 is 5.91 Å². The largest absolute Gasteiger partial charge is 0.346 e. The number of carbonyl (C=O) groups is 1. The zero-order chi connectivity index (χ0) is 11.8. The van der Waals surface area contributed by atoms with Gasteiger partial charge in [0.25, 0.3) is 0 Å². The summed E-state index contributed by atoms with van der Waals surface area (Å²) in [4.78, 5) is 15.5. The molecule has 0 aliphatic heterocycles. The lowest BCUT2D eigenvalue weighted by Gasteiger charge is -2.10. The van der Waals surface area contributed by atoms with Crippen molar-refractivity contribution in [2.45, 2.75) is 38.6 Å². The van der Waals surface area contributed by atoms with Gasteiger partial charge in [0.1, 0.15) is 12.2 Å². The summed E-state index contributed by atoms with van der Waals surface area (Å²) in [5, 5.41) is 9.28. The minimum Gasteiger partial charge on any atom is -0.346 e. The Labute approximate surface area is 95.0 Å². The van der Waals surface area contributed by atoms with E-state index in [1.165, 1.54) is 6.33 Å². The van der Waals surface area contributed by atoms with Crippen LogP contribution in [0.15, 0.2) is 6.33 Å². The van der Waals surface area contributed by atoms with E-state index in [9.17, 15) is 4.79 Å². The second kappa shape index (κ2) is 6.62. The highest BCUT2D eigenvalue weighted by Gasteiger charge is 2.10. The number of rotatable bonds is 6. The fourth-order valence-corrected chi connectivity index (χ4v) is 1.32. The molecule has 1 aromatic rings. The van der Waals surface area contributed by atoms with Gasteiger partial charge in [-0.05, 0) is 19.8 Å². The standard InChI is InChI=1S/C11H16N4O/c1-3-4-5-6-7-10(16)14-9(2)11-12-8-13-15-11/h1,8-9H,4-7H2,2H3,(H,14,16)(H,12,13,15). The normalized spacial score (nSPS) is 11.8. The third kappa shape index (κ3) is 4.13. The molecule has 0 aliphatic carbocycles. The Bertz CT molecular complexity index is 353. The SMILES string of the molecule is C#CCCCCC(=O)NC(C)c1ncn[nH]1. The molecule has 1 heterocycles. The molecule has 0 spiro atoms. The third-order valence-corrected chi connectivity index (χ3v) is 2.20.